The standard InChI is InChI=1S/C19H26N4O5S/c1-14-16-13-15(27-2)3-4-17(16)20-18(14)19(24)21-5-7-22(8-6-21)29(25,26)23-9-11-28-12-10-23/h3-4,13,20H,5-12H2,1-2H3. The number of aromatic amines is 1. The number of benzene rings is 1. The van der Waals surface area contributed by atoms with E-state index >= 15 is 0 Å². The normalized spacial score (nSPS) is 19.6. The Balaban J connectivity index is 1.46. The van der Waals surface area contributed by atoms with Crippen molar-refractivity contribution >= 4 is 27.0 Å². The number of piperazine rings is 1. The van der Waals surface area contributed by atoms with Gasteiger partial charge in [-0.15, -0.1) is 0 Å². The van der Waals surface area contributed by atoms with Crippen molar-refractivity contribution in [3.63, 3.8) is 0 Å². The Kier molecular flexibility index (Phi) is 5.52. The summed E-state index contributed by atoms with van der Waals surface area (Å²) in [6, 6.07) is 5.65. The molecule has 1 amide bonds. The smallest absolute Gasteiger partial charge is 0.282 e. The molecule has 0 radical (unpaired) electrons. The van der Waals surface area contributed by atoms with Crippen LogP contribution in [0, 0.1) is 6.92 Å². The van der Waals surface area contributed by atoms with E-state index in [2.05, 4.69) is 4.98 Å². The highest BCUT2D eigenvalue weighted by Gasteiger charge is 2.34. The van der Waals surface area contributed by atoms with Crippen molar-refractivity contribution in [3.8, 4) is 5.75 Å². The molecular formula is C19H26N4O5S. The minimum Gasteiger partial charge on any atom is -0.497 e. The van der Waals surface area contributed by atoms with E-state index in [0.717, 1.165) is 22.2 Å². The number of methoxy groups -OCH3 is 1. The first-order valence-electron chi connectivity index (χ1n) is 9.70. The maximum atomic E-state index is 13.1. The van der Waals surface area contributed by atoms with Gasteiger partial charge in [0.2, 0.25) is 0 Å². The number of nitrogens with zero attached hydrogens (tertiary/aromatic N) is 3. The Morgan fingerprint density at radius 3 is 2.38 bits per heavy atom. The highest BCUT2D eigenvalue weighted by atomic mass is 32.2. The molecule has 4 rings (SSSR count). The molecule has 2 saturated heterocycles. The molecule has 0 aliphatic carbocycles. The summed E-state index contributed by atoms with van der Waals surface area (Å²) in [5.41, 5.74) is 2.28. The summed E-state index contributed by atoms with van der Waals surface area (Å²) in [7, 11) is -1.90. The van der Waals surface area contributed by atoms with E-state index in [9.17, 15) is 13.2 Å². The van der Waals surface area contributed by atoms with Gasteiger partial charge in [-0.3, -0.25) is 4.79 Å². The van der Waals surface area contributed by atoms with E-state index < -0.39 is 10.2 Å². The molecule has 0 atom stereocenters. The lowest BCUT2D eigenvalue weighted by Crippen LogP contribution is -2.55. The first kappa shape index (κ1) is 20.1. The number of aryl methyl sites for hydroxylation is 1. The molecule has 29 heavy (non-hydrogen) atoms. The number of H-pyrrole nitrogens is 1. The second-order valence-corrected chi connectivity index (χ2v) is 9.18. The molecular weight excluding hydrogens is 396 g/mol. The molecule has 0 unspecified atom stereocenters. The fraction of sp³-hybridized carbons (Fsp3) is 0.526. The van der Waals surface area contributed by atoms with Crippen molar-refractivity contribution < 1.29 is 22.7 Å². The van der Waals surface area contributed by atoms with Crippen LogP contribution in [0.3, 0.4) is 0 Å². The topological polar surface area (TPSA) is 95.2 Å². The number of morpholine rings is 1. The van der Waals surface area contributed by atoms with Crippen LogP contribution in [0.2, 0.25) is 0 Å². The predicted octanol–water partition coefficient (Wildman–Crippen LogP) is 0.820. The quantitative estimate of drug-likeness (QED) is 0.787. The molecule has 1 aromatic carbocycles. The summed E-state index contributed by atoms with van der Waals surface area (Å²) in [5, 5.41) is 0.946. The maximum Gasteiger partial charge on any atom is 0.282 e. The highest BCUT2D eigenvalue weighted by Crippen LogP contribution is 2.27. The van der Waals surface area contributed by atoms with E-state index in [-0.39, 0.29) is 5.91 Å². The SMILES string of the molecule is COc1ccc2[nH]c(C(=O)N3CCN(S(=O)(=O)N4CCOCC4)CC3)c(C)c2c1. The summed E-state index contributed by atoms with van der Waals surface area (Å²) in [6.07, 6.45) is 0. The number of fused-ring (bicyclic) bond motifs is 1. The Hall–Kier alpha value is -2.14. The van der Waals surface area contributed by atoms with E-state index in [1.165, 1.54) is 8.61 Å². The van der Waals surface area contributed by atoms with Crippen molar-refractivity contribution in [1.29, 1.82) is 0 Å². The Labute approximate surface area is 170 Å². The monoisotopic (exact) mass is 422 g/mol. The van der Waals surface area contributed by atoms with E-state index in [4.69, 9.17) is 9.47 Å². The van der Waals surface area contributed by atoms with Crippen LogP contribution in [0.4, 0.5) is 0 Å². The molecule has 2 aliphatic heterocycles. The summed E-state index contributed by atoms with van der Waals surface area (Å²) in [4.78, 5) is 18.0. The third-order valence-corrected chi connectivity index (χ3v) is 7.66. The van der Waals surface area contributed by atoms with Gasteiger partial charge in [0.1, 0.15) is 11.4 Å². The van der Waals surface area contributed by atoms with Crippen LogP contribution in [0.5, 0.6) is 5.75 Å². The van der Waals surface area contributed by atoms with Gasteiger partial charge in [-0.2, -0.15) is 17.0 Å². The molecule has 0 bridgehead atoms. The fourth-order valence-electron chi connectivity index (χ4n) is 3.87. The number of ether oxygens (including phenoxy) is 2. The lowest BCUT2D eigenvalue weighted by atomic mass is 10.1. The number of hydrogen-bond donors (Lipinski definition) is 1. The van der Waals surface area contributed by atoms with Gasteiger partial charge in [0.25, 0.3) is 16.1 Å². The van der Waals surface area contributed by atoms with Gasteiger partial charge in [-0.25, -0.2) is 0 Å². The first-order chi connectivity index (χ1) is 13.9. The Morgan fingerprint density at radius 2 is 1.72 bits per heavy atom. The van der Waals surface area contributed by atoms with Crippen LogP contribution in [0.1, 0.15) is 16.1 Å². The number of amides is 1. The zero-order valence-corrected chi connectivity index (χ0v) is 17.5. The summed E-state index contributed by atoms with van der Waals surface area (Å²) >= 11 is 0. The number of carbonyl (C=O) groups excluding carboxylic acids is 1. The molecule has 1 aromatic heterocycles. The maximum absolute atomic E-state index is 13.1. The van der Waals surface area contributed by atoms with Gasteiger partial charge in [0.05, 0.1) is 20.3 Å². The molecule has 2 fully saturated rings. The average molecular weight is 423 g/mol. The van der Waals surface area contributed by atoms with E-state index in [1.54, 1.807) is 12.0 Å². The molecule has 9 nitrogen and oxygen atoms in total. The molecule has 3 heterocycles. The van der Waals surface area contributed by atoms with Crippen molar-refractivity contribution in [2.24, 2.45) is 0 Å². The number of nitrogens with one attached hydrogen (secondary N) is 1. The Morgan fingerprint density at radius 1 is 1.07 bits per heavy atom. The lowest BCUT2D eigenvalue weighted by Gasteiger charge is -2.37. The summed E-state index contributed by atoms with van der Waals surface area (Å²) in [6.45, 7) is 4.80. The van der Waals surface area contributed by atoms with E-state index in [1.807, 2.05) is 25.1 Å². The molecule has 10 heteroatoms. The fourth-order valence-corrected chi connectivity index (χ4v) is 5.43. The average Bonchev–Trinajstić information content (AvgIpc) is 3.09. The largest absolute Gasteiger partial charge is 0.497 e. The summed E-state index contributed by atoms with van der Waals surface area (Å²) < 4.78 is 39.0. The van der Waals surface area contributed by atoms with Crippen LogP contribution in [0.15, 0.2) is 18.2 Å². The van der Waals surface area contributed by atoms with Crippen LogP contribution in [-0.4, -0.2) is 92.4 Å². The second-order valence-electron chi connectivity index (χ2n) is 7.25. The highest BCUT2D eigenvalue weighted by molar-refractivity contribution is 7.86. The third-order valence-electron chi connectivity index (χ3n) is 5.63. The van der Waals surface area contributed by atoms with E-state index in [0.29, 0.717) is 58.2 Å². The minimum absolute atomic E-state index is 0.110. The minimum atomic E-state index is -3.51. The molecule has 0 saturated carbocycles. The van der Waals surface area contributed by atoms with Crippen molar-refractivity contribution in [3.05, 3.63) is 29.5 Å². The van der Waals surface area contributed by atoms with Gasteiger partial charge < -0.3 is 19.4 Å². The third kappa shape index (κ3) is 3.73. The van der Waals surface area contributed by atoms with Crippen molar-refractivity contribution in [2.45, 2.75) is 6.92 Å². The molecule has 0 spiro atoms. The predicted molar refractivity (Wildman–Crippen MR) is 108 cm³/mol. The lowest BCUT2D eigenvalue weighted by molar-refractivity contribution is 0.0633. The first-order valence-corrected chi connectivity index (χ1v) is 11.1. The van der Waals surface area contributed by atoms with Crippen LogP contribution >= 0.6 is 0 Å². The van der Waals surface area contributed by atoms with Gasteiger partial charge in [-0.1, -0.05) is 0 Å². The number of carbonyl (C=O) groups is 1. The number of hydrogen-bond acceptors (Lipinski definition) is 5. The number of rotatable bonds is 4. The van der Waals surface area contributed by atoms with Crippen LogP contribution in [-0.2, 0) is 14.9 Å². The zero-order valence-electron chi connectivity index (χ0n) is 16.7. The van der Waals surface area contributed by atoms with Gasteiger partial charge >= 0.3 is 0 Å². The molecule has 1 N–H and O–H groups in total. The van der Waals surface area contributed by atoms with Crippen molar-refractivity contribution in [2.75, 3.05) is 59.6 Å². The number of aromatic nitrogens is 1. The zero-order chi connectivity index (χ0) is 20.6. The van der Waals surface area contributed by atoms with Gasteiger partial charge in [0, 0.05) is 50.2 Å². The van der Waals surface area contributed by atoms with Gasteiger partial charge in [-0.05, 0) is 30.7 Å². The van der Waals surface area contributed by atoms with Gasteiger partial charge in [0.15, 0.2) is 0 Å². The molecule has 2 aliphatic rings. The van der Waals surface area contributed by atoms with Crippen molar-refractivity contribution in [1.82, 2.24) is 18.5 Å². The second kappa shape index (κ2) is 7.94. The summed E-state index contributed by atoms with van der Waals surface area (Å²) in [5.74, 6) is 0.626. The van der Waals surface area contributed by atoms with Crippen LogP contribution < -0.4 is 4.74 Å². The Bertz CT molecular complexity index is 1010. The van der Waals surface area contributed by atoms with Crippen LogP contribution in [0.25, 0.3) is 10.9 Å². The molecule has 2 aromatic rings. The molecule has 158 valence electrons.